The normalized spacial score (nSPS) is 13.6. The number of carboxylic acids is 1. The second-order valence-electron chi connectivity index (χ2n) is 5.75. The van der Waals surface area contributed by atoms with Crippen molar-refractivity contribution in [2.45, 2.75) is 50.4 Å². The summed E-state index contributed by atoms with van der Waals surface area (Å²) in [6, 6.07) is 9.11. The van der Waals surface area contributed by atoms with Gasteiger partial charge in [-0.15, -0.1) is 0 Å². The summed E-state index contributed by atoms with van der Waals surface area (Å²) >= 11 is 0. The molecule has 0 bridgehead atoms. The number of carboxylic acid groups (broad SMARTS) is 1. The fraction of sp³-hybridized carbons (Fsp3) is 0.529. The van der Waals surface area contributed by atoms with E-state index in [2.05, 4.69) is 0 Å². The monoisotopic (exact) mass is 388 g/mol. The smallest absolute Gasteiger partial charge is 0.327 e. The minimum absolute atomic E-state index is 0.147. The van der Waals surface area contributed by atoms with Crippen LogP contribution in [0.1, 0.15) is 39.0 Å². The molecule has 9 heteroatoms. The molecule has 0 aromatic heterocycles. The van der Waals surface area contributed by atoms with Gasteiger partial charge in [-0.05, 0) is 18.6 Å². The summed E-state index contributed by atoms with van der Waals surface area (Å²) in [7, 11) is -4.86. The second kappa shape index (κ2) is 10.8. The van der Waals surface area contributed by atoms with Crippen LogP contribution in [0.15, 0.2) is 30.3 Å². The lowest BCUT2D eigenvalue weighted by molar-refractivity contribution is -0.147. The number of carbonyl (C=O) groups excluding carboxylic acids is 1. The molecule has 0 radical (unpaired) electrons. The van der Waals surface area contributed by atoms with E-state index in [1.54, 1.807) is 12.1 Å². The van der Waals surface area contributed by atoms with E-state index in [4.69, 9.17) is 19.1 Å². The van der Waals surface area contributed by atoms with E-state index in [1.807, 2.05) is 25.1 Å². The Hall–Kier alpha value is -2.13. The van der Waals surface area contributed by atoms with E-state index >= 15 is 0 Å². The summed E-state index contributed by atoms with van der Waals surface area (Å²) in [5.41, 5.74) is 0. The summed E-state index contributed by atoms with van der Waals surface area (Å²) in [6.45, 7) is 1.88. The molecule has 0 aliphatic rings. The van der Waals surface area contributed by atoms with Crippen molar-refractivity contribution in [1.29, 1.82) is 0 Å². The van der Waals surface area contributed by atoms with E-state index in [0.717, 1.165) is 19.3 Å². The zero-order chi connectivity index (χ0) is 19.6. The number of esters is 1. The number of unbranched alkanes of at least 4 members (excludes halogenated alkanes) is 1. The van der Waals surface area contributed by atoms with Gasteiger partial charge in [0.2, 0.25) is 0 Å². The molecule has 2 atom stereocenters. The highest BCUT2D eigenvalue weighted by molar-refractivity contribution is 7.87. The van der Waals surface area contributed by atoms with Crippen LogP contribution in [-0.2, 0) is 24.4 Å². The third-order valence-electron chi connectivity index (χ3n) is 3.59. The molecular weight excluding hydrogens is 364 g/mol. The van der Waals surface area contributed by atoms with E-state index in [1.165, 1.54) is 0 Å². The Labute approximate surface area is 152 Å². The first-order chi connectivity index (χ1) is 12.2. The number of hydrogen-bond donors (Lipinski definition) is 2. The van der Waals surface area contributed by atoms with Gasteiger partial charge in [-0.3, -0.25) is 14.1 Å². The molecule has 0 amide bonds. The van der Waals surface area contributed by atoms with Gasteiger partial charge < -0.3 is 14.6 Å². The Morgan fingerprint density at radius 3 is 2.35 bits per heavy atom. The molecule has 1 aromatic rings. The average Bonchev–Trinajstić information content (AvgIpc) is 2.57. The molecule has 0 saturated carbocycles. The van der Waals surface area contributed by atoms with Crippen LogP contribution in [0.2, 0.25) is 0 Å². The fourth-order valence-corrected chi connectivity index (χ4v) is 2.90. The van der Waals surface area contributed by atoms with Crippen LogP contribution in [0.25, 0.3) is 0 Å². The van der Waals surface area contributed by atoms with Gasteiger partial charge in [-0.2, -0.15) is 8.42 Å². The Bertz CT molecular complexity index is 671. The Morgan fingerprint density at radius 1 is 1.15 bits per heavy atom. The van der Waals surface area contributed by atoms with Crippen LogP contribution < -0.4 is 4.74 Å². The van der Waals surface area contributed by atoms with Crippen molar-refractivity contribution in [2.24, 2.45) is 0 Å². The van der Waals surface area contributed by atoms with Gasteiger partial charge in [0.25, 0.3) is 10.1 Å². The molecule has 0 aliphatic heterocycles. The summed E-state index contributed by atoms with van der Waals surface area (Å²) in [5, 5.41) is 6.53. The van der Waals surface area contributed by atoms with Crippen molar-refractivity contribution in [3.05, 3.63) is 30.3 Å². The number of rotatable bonds is 12. The third-order valence-corrected chi connectivity index (χ3v) is 4.67. The highest BCUT2D eigenvalue weighted by atomic mass is 32.2. The first-order valence-corrected chi connectivity index (χ1v) is 9.80. The third kappa shape index (κ3) is 8.30. The zero-order valence-electron chi connectivity index (χ0n) is 14.5. The lowest BCUT2D eigenvalue weighted by Gasteiger charge is -2.19. The molecule has 0 saturated heterocycles. The lowest BCUT2D eigenvalue weighted by Crippen LogP contribution is -2.34. The maximum Gasteiger partial charge on any atom is 0.327 e. The number of aliphatic carboxylic acids is 1. The van der Waals surface area contributed by atoms with Gasteiger partial charge in [0.05, 0.1) is 13.0 Å². The van der Waals surface area contributed by atoms with Crippen LogP contribution in [0.4, 0.5) is 0 Å². The van der Waals surface area contributed by atoms with Gasteiger partial charge in [-0.25, -0.2) is 0 Å². The molecule has 146 valence electrons. The van der Waals surface area contributed by atoms with Crippen molar-refractivity contribution in [3.63, 3.8) is 0 Å². The average molecular weight is 388 g/mol. The highest BCUT2D eigenvalue weighted by Gasteiger charge is 2.35. The molecular formula is C17H24O8S. The predicted octanol–water partition coefficient (Wildman–Crippen LogP) is 2.29. The number of para-hydroxylation sites is 1. The van der Waals surface area contributed by atoms with E-state index in [9.17, 15) is 18.0 Å². The maximum absolute atomic E-state index is 11.8. The van der Waals surface area contributed by atoms with Crippen molar-refractivity contribution in [2.75, 3.05) is 6.61 Å². The molecule has 26 heavy (non-hydrogen) atoms. The zero-order valence-corrected chi connectivity index (χ0v) is 15.4. The minimum Gasteiger partial charge on any atom is -0.490 e. The maximum atomic E-state index is 11.8. The van der Waals surface area contributed by atoms with Crippen molar-refractivity contribution >= 4 is 22.1 Å². The number of benzene rings is 1. The quantitative estimate of drug-likeness (QED) is 0.412. The summed E-state index contributed by atoms with van der Waals surface area (Å²) < 4.78 is 42.0. The van der Waals surface area contributed by atoms with Gasteiger partial charge in [0.1, 0.15) is 11.9 Å². The largest absolute Gasteiger partial charge is 0.490 e. The molecule has 1 aromatic carbocycles. The van der Waals surface area contributed by atoms with Crippen LogP contribution in [-0.4, -0.2) is 48.0 Å². The molecule has 2 unspecified atom stereocenters. The second-order valence-corrected chi connectivity index (χ2v) is 7.35. The van der Waals surface area contributed by atoms with Crippen molar-refractivity contribution in [1.82, 2.24) is 0 Å². The van der Waals surface area contributed by atoms with Crippen LogP contribution in [0, 0.1) is 0 Å². The Morgan fingerprint density at radius 2 is 1.81 bits per heavy atom. The minimum atomic E-state index is -4.86. The summed E-state index contributed by atoms with van der Waals surface area (Å²) in [6.07, 6.45) is 1.59. The molecule has 0 heterocycles. The molecule has 2 N–H and O–H groups in total. The molecule has 1 rings (SSSR count). The summed E-state index contributed by atoms with van der Waals surface area (Å²) in [5.74, 6) is -2.15. The Kier molecular flexibility index (Phi) is 9.08. The molecule has 0 aliphatic carbocycles. The number of carbonyl (C=O) groups is 2. The van der Waals surface area contributed by atoms with Crippen LogP contribution in [0.5, 0.6) is 5.75 Å². The topological polar surface area (TPSA) is 127 Å². The molecule has 0 fully saturated rings. The van der Waals surface area contributed by atoms with Gasteiger partial charge in [0, 0.05) is 6.42 Å². The van der Waals surface area contributed by atoms with E-state index in [-0.39, 0.29) is 12.7 Å². The predicted molar refractivity (Wildman–Crippen MR) is 93.5 cm³/mol. The Balaban J connectivity index is 2.61. The van der Waals surface area contributed by atoms with E-state index in [0.29, 0.717) is 12.2 Å². The van der Waals surface area contributed by atoms with Gasteiger partial charge >= 0.3 is 11.9 Å². The number of hydrogen-bond acceptors (Lipinski definition) is 6. The summed E-state index contributed by atoms with van der Waals surface area (Å²) in [4.78, 5) is 22.5. The molecule has 0 spiro atoms. The first-order valence-electron chi connectivity index (χ1n) is 8.30. The van der Waals surface area contributed by atoms with Crippen LogP contribution in [0.3, 0.4) is 0 Å². The highest BCUT2D eigenvalue weighted by Crippen LogP contribution is 2.17. The van der Waals surface area contributed by atoms with Gasteiger partial charge in [-0.1, -0.05) is 38.0 Å². The lowest BCUT2D eigenvalue weighted by atomic mass is 10.1. The SMILES string of the molecule is CCCCC(CCOC(=O)C(CC(=O)O)S(=O)(=O)O)Oc1ccccc1. The van der Waals surface area contributed by atoms with Crippen LogP contribution >= 0.6 is 0 Å². The molecule has 8 nitrogen and oxygen atoms in total. The number of ether oxygens (including phenoxy) is 2. The fourth-order valence-electron chi connectivity index (χ4n) is 2.24. The standard InChI is InChI=1S/C17H24O8S/c1-2-3-7-14(25-13-8-5-4-6-9-13)10-11-24-17(20)15(12-16(18)19)26(21,22)23/h4-6,8-9,14-15H,2-3,7,10-12H2,1H3,(H,18,19)(H,21,22,23). The first kappa shape index (κ1) is 21.9. The van der Waals surface area contributed by atoms with Crippen molar-refractivity contribution < 1.29 is 37.1 Å². The van der Waals surface area contributed by atoms with Gasteiger partial charge in [0.15, 0.2) is 5.25 Å². The van der Waals surface area contributed by atoms with E-state index < -0.39 is 33.7 Å². The van der Waals surface area contributed by atoms with Crippen molar-refractivity contribution in [3.8, 4) is 5.75 Å².